The molecule has 2 atom stereocenters. The highest BCUT2D eigenvalue weighted by Gasteiger charge is 2.32. The van der Waals surface area contributed by atoms with E-state index in [1.807, 2.05) is 0 Å². The largest absolute Gasteiger partial charge is 0.230 e. The van der Waals surface area contributed by atoms with Crippen molar-refractivity contribution in [2.45, 2.75) is 51.7 Å². The normalized spacial score (nSPS) is 31.8. The van der Waals surface area contributed by atoms with Crippen LogP contribution in [0.4, 0.5) is 0 Å². The van der Waals surface area contributed by atoms with Crippen LogP contribution in [0.1, 0.15) is 39.5 Å². The van der Waals surface area contributed by atoms with E-state index in [4.69, 9.17) is 9.78 Å². The van der Waals surface area contributed by atoms with Gasteiger partial charge >= 0.3 is 0 Å². The Morgan fingerprint density at radius 3 is 1.50 bits per heavy atom. The van der Waals surface area contributed by atoms with Crippen LogP contribution in [0.15, 0.2) is 0 Å². The van der Waals surface area contributed by atoms with Crippen molar-refractivity contribution in [2.24, 2.45) is 0 Å². The van der Waals surface area contributed by atoms with Gasteiger partial charge in [-0.05, 0) is 12.8 Å². The first-order chi connectivity index (χ1) is 4.88. The minimum atomic E-state index is 0.393. The van der Waals surface area contributed by atoms with Gasteiger partial charge < -0.3 is 0 Å². The van der Waals surface area contributed by atoms with Crippen molar-refractivity contribution in [1.29, 1.82) is 0 Å². The zero-order valence-electron chi connectivity index (χ0n) is 6.80. The maximum Gasteiger partial charge on any atom is 0.122 e. The highest BCUT2D eigenvalue weighted by Crippen LogP contribution is 2.24. The lowest BCUT2D eigenvalue weighted by molar-refractivity contribution is -0.466. The smallest absolute Gasteiger partial charge is 0.122 e. The van der Waals surface area contributed by atoms with E-state index in [0.717, 1.165) is 12.8 Å². The molecule has 0 saturated carbocycles. The Morgan fingerprint density at radius 2 is 1.30 bits per heavy atom. The topological polar surface area (TPSA) is 18.5 Å². The molecule has 1 aliphatic rings. The molecule has 0 spiro atoms. The van der Waals surface area contributed by atoms with Crippen molar-refractivity contribution >= 4 is 0 Å². The molecule has 2 heteroatoms. The van der Waals surface area contributed by atoms with E-state index in [2.05, 4.69) is 13.8 Å². The minimum absolute atomic E-state index is 0.393. The van der Waals surface area contributed by atoms with Gasteiger partial charge in [-0.1, -0.05) is 26.7 Å². The van der Waals surface area contributed by atoms with E-state index in [0.29, 0.717) is 12.2 Å². The van der Waals surface area contributed by atoms with Crippen molar-refractivity contribution in [1.82, 2.24) is 0 Å². The summed E-state index contributed by atoms with van der Waals surface area (Å²) in [6, 6.07) is 0. The Kier molecular flexibility index (Phi) is 3.16. The highest BCUT2D eigenvalue weighted by atomic mass is 17.2. The van der Waals surface area contributed by atoms with E-state index in [1.54, 1.807) is 0 Å². The SMILES string of the molecule is CCC[C@@H]1OO[C@@H]1CCC. The van der Waals surface area contributed by atoms with Crippen LogP contribution in [0.3, 0.4) is 0 Å². The molecule has 0 bridgehead atoms. The first-order valence-corrected chi connectivity index (χ1v) is 4.20. The second-order valence-corrected chi connectivity index (χ2v) is 2.85. The molecule has 0 N–H and O–H groups in total. The lowest BCUT2D eigenvalue weighted by Gasteiger charge is -2.34. The van der Waals surface area contributed by atoms with Gasteiger partial charge in [0.2, 0.25) is 0 Å². The van der Waals surface area contributed by atoms with Crippen LogP contribution < -0.4 is 0 Å². The molecule has 2 nitrogen and oxygen atoms in total. The minimum Gasteiger partial charge on any atom is -0.230 e. The van der Waals surface area contributed by atoms with Crippen molar-refractivity contribution in [2.75, 3.05) is 0 Å². The fourth-order valence-corrected chi connectivity index (χ4v) is 1.25. The molecule has 0 aromatic carbocycles. The van der Waals surface area contributed by atoms with Crippen molar-refractivity contribution in [3.63, 3.8) is 0 Å². The maximum atomic E-state index is 4.94. The second kappa shape index (κ2) is 3.94. The van der Waals surface area contributed by atoms with Crippen molar-refractivity contribution in [3.8, 4) is 0 Å². The van der Waals surface area contributed by atoms with Gasteiger partial charge in [0.25, 0.3) is 0 Å². The molecule has 1 fully saturated rings. The number of hydrogen-bond acceptors (Lipinski definition) is 2. The van der Waals surface area contributed by atoms with Crippen molar-refractivity contribution < 1.29 is 9.78 Å². The maximum absolute atomic E-state index is 4.94. The molecule has 10 heavy (non-hydrogen) atoms. The average molecular weight is 144 g/mol. The monoisotopic (exact) mass is 144 g/mol. The van der Waals surface area contributed by atoms with E-state index in [9.17, 15) is 0 Å². The zero-order valence-corrected chi connectivity index (χ0v) is 6.80. The van der Waals surface area contributed by atoms with Crippen LogP contribution >= 0.6 is 0 Å². The molecule has 0 aliphatic carbocycles. The Balaban J connectivity index is 2.09. The summed E-state index contributed by atoms with van der Waals surface area (Å²) in [7, 11) is 0. The molecular formula is C8H16O2. The summed E-state index contributed by atoms with van der Waals surface area (Å²) in [6.45, 7) is 4.34. The average Bonchev–Trinajstić information content (AvgIpc) is 1.93. The Labute approximate surface area is 62.4 Å². The van der Waals surface area contributed by atoms with Crippen LogP contribution in [0.2, 0.25) is 0 Å². The standard InChI is InChI=1S/C8H16O2/c1-3-5-7-8(6-4-2)10-9-7/h7-8H,3-6H2,1-2H3/t7-,8+. The van der Waals surface area contributed by atoms with Gasteiger partial charge in [0.05, 0.1) is 0 Å². The lowest BCUT2D eigenvalue weighted by Crippen LogP contribution is -2.42. The van der Waals surface area contributed by atoms with Gasteiger partial charge in [0, 0.05) is 0 Å². The molecule has 1 heterocycles. The van der Waals surface area contributed by atoms with E-state index in [-0.39, 0.29) is 0 Å². The third-order valence-electron chi connectivity index (χ3n) is 1.86. The Bertz CT molecular complexity index is 81.3. The first-order valence-electron chi connectivity index (χ1n) is 4.20. The fraction of sp³-hybridized carbons (Fsp3) is 1.00. The molecule has 0 aromatic heterocycles. The zero-order chi connectivity index (χ0) is 7.40. The summed E-state index contributed by atoms with van der Waals surface area (Å²) in [5.74, 6) is 0. The van der Waals surface area contributed by atoms with Crippen LogP contribution in [-0.2, 0) is 9.78 Å². The fourth-order valence-electron chi connectivity index (χ4n) is 1.25. The van der Waals surface area contributed by atoms with Gasteiger partial charge in [-0.3, -0.25) is 0 Å². The molecule has 0 amide bonds. The summed E-state index contributed by atoms with van der Waals surface area (Å²) in [4.78, 5) is 9.87. The summed E-state index contributed by atoms with van der Waals surface area (Å²) in [6.07, 6.45) is 5.45. The summed E-state index contributed by atoms with van der Waals surface area (Å²) >= 11 is 0. The van der Waals surface area contributed by atoms with Gasteiger partial charge in [0.15, 0.2) is 0 Å². The van der Waals surface area contributed by atoms with Gasteiger partial charge in [-0.25, -0.2) is 9.78 Å². The third-order valence-corrected chi connectivity index (χ3v) is 1.86. The van der Waals surface area contributed by atoms with Gasteiger partial charge in [-0.2, -0.15) is 0 Å². The quantitative estimate of drug-likeness (QED) is 0.563. The van der Waals surface area contributed by atoms with Crippen LogP contribution in [0, 0.1) is 0 Å². The van der Waals surface area contributed by atoms with E-state index < -0.39 is 0 Å². The third kappa shape index (κ3) is 1.70. The molecule has 60 valence electrons. The molecule has 1 saturated heterocycles. The second-order valence-electron chi connectivity index (χ2n) is 2.85. The molecule has 1 rings (SSSR count). The predicted octanol–water partition coefficient (Wildman–Crippen LogP) is 2.29. The number of hydrogen-bond donors (Lipinski definition) is 0. The molecule has 0 radical (unpaired) electrons. The molecule has 0 aromatic rings. The molecule has 0 unspecified atom stereocenters. The molecular weight excluding hydrogens is 128 g/mol. The van der Waals surface area contributed by atoms with Crippen LogP contribution in [0.5, 0.6) is 0 Å². The summed E-state index contributed by atoms with van der Waals surface area (Å²) in [5, 5.41) is 0. The first kappa shape index (κ1) is 8.02. The van der Waals surface area contributed by atoms with E-state index in [1.165, 1.54) is 12.8 Å². The number of rotatable bonds is 4. The van der Waals surface area contributed by atoms with Gasteiger partial charge in [0.1, 0.15) is 12.2 Å². The predicted molar refractivity (Wildman–Crippen MR) is 39.6 cm³/mol. The lowest BCUT2D eigenvalue weighted by atomic mass is 10.0. The Hall–Kier alpha value is -0.0800. The highest BCUT2D eigenvalue weighted by molar-refractivity contribution is 4.72. The summed E-state index contributed by atoms with van der Waals surface area (Å²) in [5.41, 5.74) is 0. The van der Waals surface area contributed by atoms with Crippen molar-refractivity contribution in [3.05, 3.63) is 0 Å². The van der Waals surface area contributed by atoms with Gasteiger partial charge in [-0.15, -0.1) is 0 Å². The Morgan fingerprint density at radius 1 is 0.900 bits per heavy atom. The van der Waals surface area contributed by atoms with E-state index >= 15 is 0 Å². The van der Waals surface area contributed by atoms with Crippen LogP contribution in [0.25, 0.3) is 0 Å². The summed E-state index contributed by atoms with van der Waals surface area (Å²) < 4.78 is 0. The molecule has 1 aliphatic heterocycles. The van der Waals surface area contributed by atoms with Crippen LogP contribution in [-0.4, -0.2) is 12.2 Å².